The van der Waals surface area contributed by atoms with Crippen LogP contribution in [0, 0.1) is 0 Å². The van der Waals surface area contributed by atoms with Crippen molar-refractivity contribution in [3.8, 4) is 0 Å². The zero-order valence-corrected chi connectivity index (χ0v) is 49.9. The number of hydrogen-bond acceptors (Lipinski definition) is 42. The first kappa shape index (κ1) is 77.1. The van der Waals surface area contributed by atoms with E-state index in [1.165, 1.54) is 0 Å². The standard InChI is InChI=1S/C36H66O48P6/c37-13-19(43)31-73-7(1-67-85(49,50)51)25(13)79-32-20(44)14(38)27(9(74-32)3-69-87(55,56)57)81-34-22(46)16(40)29(11(76-34)5-71-89(61,62)63)83-36-24(48)18(42)30(12(78-36)6-72-90(64,65)66)84-35-23(47)17(41)28(10(77-35)4-70-88(58,59)60)82-33-21(45)15(39)26(80-31)8(75-33)2-68-86(52,53)54/h7-48H,1-6H2,(H2,49,50,51)(H2,52,53,54)(H2,55,56,57)(H2,58,59,60)(H2,61,62,63)(H2,64,65,66)/p-6/t7-,8-,9-,10-,11-,12-,13-,14-,15-,16-,17-,18-,19-,20-,21-,22-,23-,24-,25-,26-,27-,28-,29-,30-,31-,32-,33-,34-,35-,36-/m1/s1. The predicted molar refractivity (Wildman–Crippen MR) is 248 cm³/mol. The van der Waals surface area contributed by atoms with Crippen LogP contribution < -0.4 is 29.4 Å². The van der Waals surface area contributed by atoms with E-state index < -0.39 is 271 Å². The van der Waals surface area contributed by atoms with Crippen LogP contribution in [0.1, 0.15) is 0 Å². The second-order valence-corrected chi connectivity index (χ2v) is 27.5. The molecule has 12 bridgehead atoms. The Kier molecular flexibility index (Phi) is 26.1. The molecule has 22 heterocycles. The highest BCUT2D eigenvalue weighted by Crippen LogP contribution is 2.44. The van der Waals surface area contributed by atoms with Crippen molar-refractivity contribution in [1.29, 1.82) is 0 Å². The minimum atomic E-state index is -5.90. The molecular formula is C36H60O48P6-6. The van der Waals surface area contributed by atoms with Crippen LogP contribution in [0.4, 0.5) is 0 Å². The fraction of sp³-hybridized carbons (Fsp3) is 1.00. The summed E-state index contributed by atoms with van der Waals surface area (Å²) in [4.78, 5) is 128. The van der Waals surface area contributed by atoms with Gasteiger partial charge in [0.2, 0.25) is 0 Å². The Hall–Kier alpha value is -0.300. The third-order valence-corrected chi connectivity index (χ3v) is 16.9. The molecule has 0 radical (unpaired) electrons. The predicted octanol–water partition coefficient (Wildman–Crippen LogP) is -16.1. The summed E-state index contributed by atoms with van der Waals surface area (Å²) in [6, 6.07) is 0. The third-order valence-electron chi connectivity index (χ3n) is 14.0. The van der Waals surface area contributed by atoms with Crippen molar-refractivity contribution in [2.75, 3.05) is 39.6 Å². The van der Waals surface area contributed by atoms with Gasteiger partial charge in [0.15, 0.2) is 37.7 Å². The van der Waals surface area contributed by atoms with Crippen LogP contribution in [-0.4, -0.2) is 315 Å². The maximum absolute atomic E-state index is 11.9. The van der Waals surface area contributed by atoms with Gasteiger partial charge in [-0.3, -0.25) is 27.4 Å². The molecule has 48 nitrogen and oxygen atoms in total. The number of rotatable bonds is 18. The smallest absolute Gasteiger partial charge is 0.265 e. The number of ether oxygens (including phenoxy) is 12. The van der Waals surface area contributed by atoms with Crippen LogP contribution in [0.25, 0.3) is 0 Å². The zero-order chi connectivity index (χ0) is 67.3. The summed E-state index contributed by atoms with van der Waals surface area (Å²) in [5.74, 6) is 0. The molecular weight excluding hydrogens is 1390 g/mol. The van der Waals surface area contributed by atoms with Gasteiger partial charge in [-0.2, -0.15) is 0 Å². The summed E-state index contributed by atoms with van der Waals surface area (Å²) in [6.45, 7) is -9.37. The van der Waals surface area contributed by atoms with Gasteiger partial charge in [0.1, 0.15) is 146 Å². The number of hydrogen-bond donors (Lipinski definition) is 18. The van der Waals surface area contributed by atoms with E-state index in [1.54, 1.807) is 0 Å². The highest BCUT2D eigenvalue weighted by molar-refractivity contribution is 7.46. The number of phosphoric acid groups is 6. The van der Waals surface area contributed by atoms with Gasteiger partial charge in [-0.25, -0.2) is 0 Å². The molecule has 0 aromatic rings. The molecule has 18 N–H and O–H groups in total. The molecule has 0 amide bonds. The fourth-order valence-corrected chi connectivity index (χ4v) is 11.9. The van der Waals surface area contributed by atoms with E-state index in [9.17, 15) is 147 Å². The van der Waals surface area contributed by atoms with E-state index in [0.717, 1.165) is 0 Å². The van der Waals surface area contributed by atoms with Crippen LogP contribution in [0.2, 0.25) is 0 Å². The largest absolute Gasteiger partial charge is 0.756 e. The van der Waals surface area contributed by atoms with Crippen molar-refractivity contribution in [1.82, 2.24) is 0 Å². The number of aliphatic hydroxyl groups is 12. The highest BCUT2D eigenvalue weighted by Gasteiger charge is 2.59. The van der Waals surface area contributed by atoms with Crippen molar-refractivity contribution in [3.05, 3.63) is 0 Å². The Labute approximate surface area is 501 Å². The van der Waals surface area contributed by atoms with E-state index in [1.807, 2.05) is 0 Å². The second-order valence-electron chi connectivity index (χ2n) is 20.3. The van der Waals surface area contributed by atoms with Crippen LogP contribution in [0.5, 0.6) is 0 Å². The summed E-state index contributed by atoms with van der Waals surface area (Å²) < 4.78 is 164. The lowest BCUT2D eigenvalue weighted by Gasteiger charge is -2.51. The van der Waals surface area contributed by atoms with Gasteiger partial charge in [-0.15, -0.1) is 0 Å². The van der Waals surface area contributed by atoms with Gasteiger partial charge in [-0.05, 0) is 0 Å². The monoisotopic (exact) mass is 1450 g/mol. The molecule has 22 aliphatic rings. The Bertz CT molecular complexity index is 2180. The van der Waals surface area contributed by atoms with Crippen molar-refractivity contribution in [2.45, 2.75) is 184 Å². The normalized spacial score (nSPS) is 48.1. The first-order valence-corrected chi connectivity index (χ1v) is 34.4. The first-order chi connectivity index (χ1) is 41.3. The SMILES string of the molecule is O=P([O-])(O)OC[C@H]1O[C@@H]2O[C@H]3[C@H](O)[C@@H](O)[C@@H](O[C@H]4[C@H](O)[C@@H](O)[C@@H](O[C@H]5[C@H](O)[C@@H](O)[C@@H](O[C@H]6[C@H](O)[C@@H](O)[C@@H](O[C@H]7[C@H](O)[C@@H](O)[C@@H](O[C@H]1[C@H](O)[C@H]2O)O[C@@H]7COP(=O)([O-])O)O[C@@H]6COP(=O)([O-])O)O[C@@H]5COP(=O)([O-])O)O[C@@H]4COP(=O)([O-])O)O[C@@H]3COP(=O)([O-])O. The molecule has 54 heteroatoms. The molecule has 0 aliphatic carbocycles. The molecule has 0 saturated carbocycles. The number of aliphatic hydroxyl groups excluding tert-OH is 12. The summed E-state index contributed by atoms with van der Waals surface area (Å²) in [6.07, 6.45) is -77.0. The van der Waals surface area contributed by atoms with Gasteiger partial charge >= 0.3 is 0 Å². The Morgan fingerprint density at radius 1 is 0.222 bits per heavy atom. The third kappa shape index (κ3) is 20.4. The summed E-state index contributed by atoms with van der Waals surface area (Å²) in [7, 11) is -35.4. The van der Waals surface area contributed by atoms with E-state index >= 15 is 0 Å². The molecule has 22 aliphatic heterocycles. The maximum Gasteiger partial charge on any atom is 0.265 e. The second kappa shape index (κ2) is 30.4. The summed E-state index contributed by atoms with van der Waals surface area (Å²) >= 11 is 0. The van der Waals surface area contributed by atoms with Crippen molar-refractivity contribution in [3.63, 3.8) is 0 Å². The molecule has 36 atom stereocenters. The summed E-state index contributed by atoms with van der Waals surface area (Å²) in [5.41, 5.74) is 0. The van der Waals surface area contributed by atoms with Crippen LogP contribution >= 0.6 is 46.9 Å². The lowest BCUT2D eigenvalue weighted by molar-refractivity contribution is -0.404. The fourth-order valence-electron chi connectivity index (χ4n) is 9.86. The van der Waals surface area contributed by atoms with Gasteiger partial charge in [0.25, 0.3) is 46.9 Å². The molecule has 22 rings (SSSR count). The molecule has 22 saturated heterocycles. The minimum absolute atomic E-state index is 1.56. The van der Waals surface area contributed by atoms with Crippen LogP contribution in [0.3, 0.4) is 0 Å². The molecule has 6 unspecified atom stereocenters. The average Bonchev–Trinajstić information content (AvgIpc) is 0.784. The van der Waals surface area contributed by atoms with Crippen molar-refractivity contribution < 1.29 is 231 Å². The molecule has 90 heavy (non-hydrogen) atoms. The van der Waals surface area contributed by atoms with E-state index in [2.05, 4.69) is 27.1 Å². The summed E-state index contributed by atoms with van der Waals surface area (Å²) in [5, 5.41) is 138. The van der Waals surface area contributed by atoms with Gasteiger partial charge in [0, 0.05) is 0 Å². The lowest BCUT2D eigenvalue weighted by atomic mass is 9.94. The molecule has 0 aromatic carbocycles. The van der Waals surface area contributed by atoms with Crippen LogP contribution in [0.15, 0.2) is 0 Å². The quantitative estimate of drug-likeness (QED) is 0.0567. The minimum Gasteiger partial charge on any atom is -0.756 e. The van der Waals surface area contributed by atoms with Gasteiger partial charge < -0.3 is 204 Å². The molecule has 0 spiro atoms. The van der Waals surface area contributed by atoms with Crippen molar-refractivity contribution >= 4 is 46.9 Å². The molecule has 22 fully saturated rings. The van der Waals surface area contributed by atoms with Gasteiger partial charge in [0.05, 0.1) is 39.6 Å². The Morgan fingerprint density at radius 3 is 0.433 bits per heavy atom. The number of phosphoric ester groups is 6. The lowest BCUT2D eigenvalue weighted by Crippen LogP contribution is -2.69. The average molecular weight is 1450 g/mol. The molecule has 528 valence electrons. The van der Waals surface area contributed by atoms with Crippen LogP contribution in [-0.2, 0) is 111 Å². The van der Waals surface area contributed by atoms with Gasteiger partial charge in [-0.1, -0.05) is 0 Å². The van der Waals surface area contributed by atoms with E-state index in [-0.39, 0.29) is 0 Å². The van der Waals surface area contributed by atoms with Crippen molar-refractivity contribution in [2.24, 2.45) is 0 Å². The molecule has 0 aromatic heterocycles. The van der Waals surface area contributed by atoms with E-state index in [0.29, 0.717) is 0 Å². The Morgan fingerprint density at radius 2 is 0.333 bits per heavy atom. The first-order valence-electron chi connectivity index (χ1n) is 25.4. The Balaban J connectivity index is 1.33. The van der Waals surface area contributed by atoms with E-state index in [4.69, 9.17) is 56.8 Å². The zero-order valence-electron chi connectivity index (χ0n) is 44.5. The topological polar surface area (TPSA) is 771 Å². The maximum atomic E-state index is 11.9. The highest BCUT2D eigenvalue weighted by atomic mass is 31.2.